The summed E-state index contributed by atoms with van der Waals surface area (Å²) in [5.74, 6) is 0. The number of fused-ring (bicyclic) bond motifs is 1. The molecule has 1 aliphatic heterocycles. The maximum absolute atomic E-state index is 10.4. The summed E-state index contributed by atoms with van der Waals surface area (Å²) in [6.07, 6.45) is 4.08. The summed E-state index contributed by atoms with van der Waals surface area (Å²) < 4.78 is 1.16. The van der Waals surface area contributed by atoms with Crippen molar-refractivity contribution < 1.29 is 5.11 Å². The van der Waals surface area contributed by atoms with Gasteiger partial charge in [-0.1, -0.05) is 18.6 Å². The molecule has 1 aromatic carbocycles. The Morgan fingerprint density at radius 2 is 2.39 bits per heavy atom. The average molecular weight is 262 g/mol. The van der Waals surface area contributed by atoms with E-state index in [-0.39, 0.29) is 0 Å². The van der Waals surface area contributed by atoms with E-state index in [0.29, 0.717) is 6.04 Å². The maximum Gasteiger partial charge on any atom is 0.0869 e. The summed E-state index contributed by atoms with van der Waals surface area (Å²) >= 11 is 1.63. The summed E-state index contributed by atoms with van der Waals surface area (Å²) in [7, 11) is 0. The van der Waals surface area contributed by atoms with E-state index in [1.807, 2.05) is 17.6 Å². The van der Waals surface area contributed by atoms with Crippen molar-refractivity contribution in [3.63, 3.8) is 0 Å². The smallest absolute Gasteiger partial charge is 0.0869 e. The van der Waals surface area contributed by atoms with Gasteiger partial charge in [-0.3, -0.25) is 0 Å². The topological polar surface area (TPSA) is 45.1 Å². The summed E-state index contributed by atoms with van der Waals surface area (Å²) in [6.45, 7) is 1.08. The van der Waals surface area contributed by atoms with E-state index in [9.17, 15) is 5.11 Å². The van der Waals surface area contributed by atoms with Gasteiger partial charge in [0.05, 0.1) is 21.8 Å². The fraction of sp³-hybridized carbons (Fsp3) is 0.500. The van der Waals surface area contributed by atoms with Crippen molar-refractivity contribution in [3.05, 3.63) is 29.3 Å². The third-order valence-corrected chi connectivity index (χ3v) is 4.47. The fourth-order valence-electron chi connectivity index (χ4n) is 2.70. The van der Waals surface area contributed by atoms with Crippen LogP contribution in [-0.4, -0.2) is 22.7 Å². The minimum atomic E-state index is -0.411. The van der Waals surface area contributed by atoms with Crippen LogP contribution in [0.4, 0.5) is 0 Å². The van der Waals surface area contributed by atoms with E-state index in [1.54, 1.807) is 11.3 Å². The lowest BCUT2D eigenvalue weighted by Crippen LogP contribution is -2.35. The second-order valence-electron chi connectivity index (χ2n) is 4.94. The predicted molar refractivity (Wildman–Crippen MR) is 74.8 cm³/mol. The van der Waals surface area contributed by atoms with Gasteiger partial charge in [-0.2, -0.15) is 0 Å². The molecule has 1 aromatic heterocycles. The highest BCUT2D eigenvalue weighted by atomic mass is 32.1. The number of aromatic nitrogens is 1. The lowest BCUT2D eigenvalue weighted by molar-refractivity contribution is 0.146. The summed E-state index contributed by atoms with van der Waals surface area (Å²) in [6, 6.07) is 6.51. The van der Waals surface area contributed by atoms with E-state index in [2.05, 4.69) is 16.4 Å². The number of piperidine rings is 1. The maximum atomic E-state index is 10.4. The number of benzene rings is 1. The van der Waals surface area contributed by atoms with Crippen molar-refractivity contribution in [1.29, 1.82) is 0 Å². The van der Waals surface area contributed by atoms with Gasteiger partial charge in [0.15, 0.2) is 0 Å². The van der Waals surface area contributed by atoms with Crippen LogP contribution in [0.15, 0.2) is 23.7 Å². The number of rotatable bonds is 3. The Balaban J connectivity index is 1.78. The van der Waals surface area contributed by atoms with Gasteiger partial charge in [0, 0.05) is 11.6 Å². The Bertz CT molecular complexity index is 519. The summed E-state index contributed by atoms with van der Waals surface area (Å²) in [4.78, 5) is 4.37. The molecule has 18 heavy (non-hydrogen) atoms. The molecule has 1 aliphatic rings. The first-order valence-corrected chi connectivity index (χ1v) is 7.46. The van der Waals surface area contributed by atoms with E-state index in [4.69, 9.17) is 0 Å². The van der Waals surface area contributed by atoms with E-state index < -0.39 is 6.10 Å². The number of aliphatic hydroxyl groups is 1. The molecule has 2 N–H and O–H groups in total. The number of thiazole rings is 1. The van der Waals surface area contributed by atoms with Crippen LogP contribution in [0.2, 0.25) is 0 Å². The van der Waals surface area contributed by atoms with Gasteiger partial charge in [-0.15, -0.1) is 11.3 Å². The lowest BCUT2D eigenvalue weighted by Gasteiger charge is -2.25. The zero-order valence-electron chi connectivity index (χ0n) is 10.3. The number of nitrogens with zero attached hydrogens (tertiary/aromatic N) is 1. The predicted octanol–water partition coefficient (Wildman–Crippen LogP) is 2.86. The molecule has 2 heterocycles. The molecule has 1 fully saturated rings. The number of hydrogen-bond acceptors (Lipinski definition) is 4. The molecule has 3 rings (SSSR count). The first kappa shape index (κ1) is 12.1. The van der Waals surface area contributed by atoms with Crippen LogP contribution in [0, 0.1) is 0 Å². The molecule has 96 valence electrons. The molecule has 3 nitrogen and oxygen atoms in total. The molecule has 0 radical (unpaired) electrons. The van der Waals surface area contributed by atoms with Crippen LogP contribution in [0.1, 0.15) is 37.4 Å². The molecule has 1 saturated heterocycles. The normalized spacial score (nSPS) is 22.2. The highest BCUT2D eigenvalue weighted by Gasteiger charge is 2.19. The van der Waals surface area contributed by atoms with Crippen LogP contribution in [0.3, 0.4) is 0 Å². The summed E-state index contributed by atoms with van der Waals surface area (Å²) in [5, 5.41) is 13.9. The molecule has 2 atom stereocenters. The zero-order chi connectivity index (χ0) is 12.4. The second-order valence-corrected chi connectivity index (χ2v) is 5.83. The van der Waals surface area contributed by atoms with Gasteiger partial charge in [0.2, 0.25) is 0 Å². The Labute approximate surface area is 111 Å². The number of hydrogen-bond donors (Lipinski definition) is 2. The van der Waals surface area contributed by atoms with Gasteiger partial charge in [0.25, 0.3) is 0 Å². The SMILES string of the molecule is O[C@@H](C[C@@H]1CCCCN1)c1cccc2scnc12. The minimum Gasteiger partial charge on any atom is -0.388 e. The monoisotopic (exact) mass is 262 g/mol. The molecular weight excluding hydrogens is 244 g/mol. The first-order valence-electron chi connectivity index (χ1n) is 6.58. The molecule has 0 saturated carbocycles. The third kappa shape index (κ3) is 2.41. The van der Waals surface area contributed by atoms with Crippen LogP contribution < -0.4 is 5.32 Å². The summed E-state index contributed by atoms with van der Waals surface area (Å²) in [5.41, 5.74) is 3.78. The van der Waals surface area contributed by atoms with Crippen LogP contribution in [0.25, 0.3) is 10.2 Å². The molecule has 0 unspecified atom stereocenters. The Morgan fingerprint density at radius 1 is 1.44 bits per heavy atom. The van der Waals surface area contributed by atoms with Gasteiger partial charge in [0.1, 0.15) is 0 Å². The number of para-hydroxylation sites is 1. The van der Waals surface area contributed by atoms with Crippen LogP contribution in [-0.2, 0) is 0 Å². The number of nitrogens with one attached hydrogen (secondary N) is 1. The van der Waals surface area contributed by atoms with E-state index in [1.165, 1.54) is 19.3 Å². The lowest BCUT2D eigenvalue weighted by atomic mass is 9.95. The van der Waals surface area contributed by atoms with Crippen LogP contribution in [0.5, 0.6) is 0 Å². The first-order chi connectivity index (χ1) is 8.84. The van der Waals surface area contributed by atoms with E-state index >= 15 is 0 Å². The fourth-order valence-corrected chi connectivity index (χ4v) is 3.41. The molecule has 0 amide bonds. The molecule has 0 aliphatic carbocycles. The Kier molecular flexibility index (Phi) is 3.59. The highest BCUT2D eigenvalue weighted by molar-refractivity contribution is 7.16. The van der Waals surface area contributed by atoms with Gasteiger partial charge < -0.3 is 10.4 Å². The zero-order valence-corrected chi connectivity index (χ0v) is 11.1. The highest BCUT2D eigenvalue weighted by Crippen LogP contribution is 2.29. The molecule has 0 bridgehead atoms. The Hall–Kier alpha value is -0.970. The largest absolute Gasteiger partial charge is 0.388 e. The van der Waals surface area contributed by atoms with Crippen molar-refractivity contribution in [3.8, 4) is 0 Å². The third-order valence-electron chi connectivity index (χ3n) is 3.67. The van der Waals surface area contributed by atoms with Crippen molar-refractivity contribution >= 4 is 21.6 Å². The second kappa shape index (κ2) is 5.34. The van der Waals surface area contributed by atoms with Crippen molar-refractivity contribution in [2.24, 2.45) is 0 Å². The molecule has 2 aromatic rings. The molecule has 0 spiro atoms. The average Bonchev–Trinajstić information content (AvgIpc) is 2.87. The van der Waals surface area contributed by atoms with Crippen LogP contribution >= 0.6 is 11.3 Å². The van der Waals surface area contributed by atoms with Gasteiger partial charge >= 0.3 is 0 Å². The van der Waals surface area contributed by atoms with Crippen molar-refractivity contribution in [2.75, 3.05) is 6.54 Å². The number of aliphatic hydroxyl groups excluding tert-OH is 1. The quantitative estimate of drug-likeness (QED) is 0.894. The Morgan fingerprint density at radius 3 is 3.22 bits per heavy atom. The minimum absolute atomic E-state index is 0.411. The standard InChI is InChI=1S/C14H18N2OS/c17-12(8-10-4-1-2-7-15-10)11-5-3-6-13-14(11)16-9-18-13/h3,5-6,9-10,12,15,17H,1-2,4,7-8H2/t10-,12-/m0/s1. The molecular formula is C14H18N2OS. The van der Waals surface area contributed by atoms with E-state index in [0.717, 1.165) is 28.7 Å². The van der Waals surface area contributed by atoms with Gasteiger partial charge in [-0.05, 0) is 31.9 Å². The van der Waals surface area contributed by atoms with Crippen molar-refractivity contribution in [1.82, 2.24) is 10.3 Å². The molecule has 4 heteroatoms. The van der Waals surface area contributed by atoms with Crippen molar-refractivity contribution in [2.45, 2.75) is 37.8 Å². The van der Waals surface area contributed by atoms with Gasteiger partial charge in [-0.25, -0.2) is 4.98 Å².